The third kappa shape index (κ3) is 3.70. The lowest BCUT2D eigenvalue weighted by Gasteiger charge is -2.15. The van der Waals surface area contributed by atoms with Crippen molar-refractivity contribution in [1.82, 2.24) is 19.5 Å². The van der Waals surface area contributed by atoms with E-state index in [-0.39, 0.29) is 34.8 Å². The number of aromatic nitrogens is 3. The number of ether oxygens (including phenoxy) is 1. The van der Waals surface area contributed by atoms with E-state index in [0.717, 1.165) is 16.5 Å². The van der Waals surface area contributed by atoms with Gasteiger partial charge in [0.15, 0.2) is 5.65 Å². The first kappa shape index (κ1) is 20.7. The lowest BCUT2D eigenvalue weighted by Crippen LogP contribution is -2.38. The Balaban J connectivity index is 1.63. The number of para-hydroxylation sites is 1. The van der Waals surface area contributed by atoms with Crippen LogP contribution in [0, 0.1) is 6.92 Å². The molecular weight excluding hydrogens is 418 g/mol. The van der Waals surface area contributed by atoms with Crippen LogP contribution in [-0.2, 0) is 6.54 Å². The summed E-state index contributed by atoms with van der Waals surface area (Å²) in [5.41, 5.74) is 8.38. The lowest BCUT2D eigenvalue weighted by molar-refractivity contribution is 0.0932. The van der Waals surface area contributed by atoms with Gasteiger partial charge in [-0.15, -0.1) is 5.10 Å². The fraction of sp³-hybridized carbons (Fsp3) is 0.227. The van der Waals surface area contributed by atoms with Gasteiger partial charge < -0.3 is 15.8 Å². The molecule has 0 fully saturated rings. The Morgan fingerprint density at radius 1 is 1.29 bits per heavy atom. The minimum absolute atomic E-state index is 0.199. The summed E-state index contributed by atoms with van der Waals surface area (Å²) in [6.07, 6.45) is 0. The molecule has 0 aliphatic heterocycles. The van der Waals surface area contributed by atoms with E-state index < -0.39 is 0 Å². The minimum atomic E-state index is -0.386. The Kier molecular flexibility index (Phi) is 5.32. The van der Waals surface area contributed by atoms with Gasteiger partial charge in [-0.25, -0.2) is 13.9 Å². The summed E-state index contributed by atoms with van der Waals surface area (Å²) in [6, 6.07) is 12.2. The van der Waals surface area contributed by atoms with Crippen molar-refractivity contribution in [3.05, 3.63) is 69.1 Å². The molecule has 4 rings (SSSR count). The van der Waals surface area contributed by atoms with E-state index in [0.29, 0.717) is 17.1 Å². The summed E-state index contributed by atoms with van der Waals surface area (Å²) in [5.74, 6) is -0.0664. The predicted molar refractivity (Wildman–Crippen MR) is 121 cm³/mol. The van der Waals surface area contributed by atoms with Gasteiger partial charge in [-0.3, -0.25) is 4.79 Å². The van der Waals surface area contributed by atoms with Gasteiger partial charge in [-0.05, 0) is 43.0 Å². The summed E-state index contributed by atoms with van der Waals surface area (Å²) >= 11 is 6.06. The molecule has 0 radical (unpaired) electrons. The number of rotatable bonds is 5. The first-order chi connectivity index (χ1) is 14.8. The number of anilines is 1. The number of nitrogens with two attached hydrogens (primary N) is 1. The maximum atomic E-state index is 13.1. The standard InChI is InChI=1S/C22H22ClN5O3/c1-12-8-14-6-4-5-7-18(14)28-20(12)26-27(22(28)30)11-13(2)25-21(29)15-9-16(23)17(24)10-19(15)31-3/h4-10,13H,11,24H2,1-3H3,(H,25,29)/t13-/m0/s1. The van der Waals surface area contributed by atoms with E-state index in [1.807, 2.05) is 37.3 Å². The highest BCUT2D eigenvalue weighted by atomic mass is 35.5. The average molecular weight is 440 g/mol. The molecule has 0 aliphatic rings. The fourth-order valence-corrected chi connectivity index (χ4v) is 3.80. The molecule has 2 heterocycles. The second kappa shape index (κ2) is 7.96. The van der Waals surface area contributed by atoms with Gasteiger partial charge in [0.05, 0.1) is 35.4 Å². The van der Waals surface area contributed by atoms with E-state index in [1.165, 1.54) is 23.9 Å². The number of benzene rings is 2. The zero-order valence-corrected chi connectivity index (χ0v) is 18.1. The molecule has 2 aromatic carbocycles. The normalized spacial score (nSPS) is 12.3. The van der Waals surface area contributed by atoms with Crippen LogP contribution in [0.3, 0.4) is 0 Å². The van der Waals surface area contributed by atoms with Crippen molar-refractivity contribution >= 4 is 39.7 Å². The van der Waals surface area contributed by atoms with Crippen molar-refractivity contribution in [2.75, 3.05) is 12.8 Å². The number of carbonyl (C=O) groups excluding carboxylic acids is 1. The SMILES string of the molecule is COc1cc(N)c(Cl)cc1C(=O)N[C@@H](C)Cn1nc2c(C)cc3ccccc3n2c1=O. The Morgan fingerprint density at radius 3 is 2.77 bits per heavy atom. The molecule has 160 valence electrons. The smallest absolute Gasteiger partial charge is 0.350 e. The number of nitrogen functional groups attached to an aromatic ring is 1. The molecule has 1 atom stereocenters. The molecule has 8 nitrogen and oxygen atoms in total. The van der Waals surface area contributed by atoms with Gasteiger partial charge >= 0.3 is 5.69 Å². The monoisotopic (exact) mass is 439 g/mol. The number of hydrogen-bond acceptors (Lipinski definition) is 5. The highest BCUT2D eigenvalue weighted by Crippen LogP contribution is 2.28. The third-order valence-electron chi connectivity index (χ3n) is 5.13. The maximum absolute atomic E-state index is 13.1. The average Bonchev–Trinajstić information content (AvgIpc) is 3.06. The lowest BCUT2D eigenvalue weighted by atomic mass is 10.1. The Bertz CT molecular complexity index is 1380. The summed E-state index contributed by atoms with van der Waals surface area (Å²) < 4.78 is 8.21. The number of nitrogens with one attached hydrogen (secondary N) is 1. The number of halogens is 1. The van der Waals surface area contributed by atoms with Crippen LogP contribution in [0.5, 0.6) is 5.75 Å². The minimum Gasteiger partial charge on any atom is -0.496 e. The fourth-order valence-electron chi connectivity index (χ4n) is 3.63. The molecule has 4 aromatic rings. The molecule has 1 amide bonds. The summed E-state index contributed by atoms with van der Waals surface area (Å²) in [5, 5.41) is 8.58. The van der Waals surface area contributed by atoms with Crippen molar-refractivity contribution in [2.45, 2.75) is 26.4 Å². The van der Waals surface area contributed by atoms with Crippen molar-refractivity contribution in [1.29, 1.82) is 0 Å². The maximum Gasteiger partial charge on any atom is 0.350 e. The van der Waals surface area contributed by atoms with Gasteiger partial charge in [0, 0.05) is 12.1 Å². The number of fused-ring (bicyclic) bond motifs is 3. The zero-order chi connectivity index (χ0) is 22.3. The van der Waals surface area contributed by atoms with E-state index in [2.05, 4.69) is 10.4 Å². The van der Waals surface area contributed by atoms with Gasteiger partial charge in [0.2, 0.25) is 0 Å². The topological polar surface area (TPSA) is 104 Å². The molecule has 3 N–H and O–H groups in total. The number of aryl methyl sites for hydroxylation is 1. The molecule has 0 saturated carbocycles. The Hall–Kier alpha value is -3.52. The van der Waals surface area contributed by atoms with Crippen molar-refractivity contribution in [3.8, 4) is 5.75 Å². The second-order valence-electron chi connectivity index (χ2n) is 7.46. The number of methoxy groups -OCH3 is 1. The van der Waals surface area contributed by atoms with Crippen LogP contribution in [0.15, 0.2) is 47.3 Å². The molecular formula is C22H22ClN5O3. The van der Waals surface area contributed by atoms with Crippen LogP contribution < -0.4 is 21.5 Å². The zero-order valence-electron chi connectivity index (χ0n) is 17.3. The van der Waals surface area contributed by atoms with E-state index in [1.54, 1.807) is 11.3 Å². The largest absolute Gasteiger partial charge is 0.496 e. The third-order valence-corrected chi connectivity index (χ3v) is 5.46. The first-order valence-electron chi connectivity index (χ1n) is 9.72. The quantitative estimate of drug-likeness (QED) is 0.465. The van der Waals surface area contributed by atoms with Crippen molar-refractivity contribution in [3.63, 3.8) is 0 Å². The highest BCUT2D eigenvalue weighted by Gasteiger charge is 2.19. The molecule has 2 aromatic heterocycles. The predicted octanol–water partition coefficient (Wildman–Crippen LogP) is 3.02. The molecule has 0 unspecified atom stereocenters. The number of carbonyl (C=O) groups is 1. The van der Waals surface area contributed by atoms with Crippen LogP contribution in [0.2, 0.25) is 5.02 Å². The van der Waals surface area contributed by atoms with E-state index in [9.17, 15) is 9.59 Å². The number of hydrogen-bond donors (Lipinski definition) is 2. The molecule has 31 heavy (non-hydrogen) atoms. The summed E-state index contributed by atoms with van der Waals surface area (Å²) in [6.45, 7) is 3.91. The van der Waals surface area contributed by atoms with Crippen LogP contribution >= 0.6 is 11.6 Å². The first-order valence-corrected chi connectivity index (χ1v) is 10.1. The summed E-state index contributed by atoms with van der Waals surface area (Å²) in [4.78, 5) is 25.8. The van der Waals surface area contributed by atoms with Crippen molar-refractivity contribution in [2.24, 2.45) is 0 Å². The Morgan fingerprint density at radius 2 is 2.03 bits per heavy atom. The van der Waals surface area contributed by atoms with E-state index >= 15 is 0 Å². The van der Waals surface area contributed by atoms with Crippen LogP contribution in [0.1, 0.15) is 22.8 Å². The molecule has 9 heteroatoms. The molecule has 0 spiro atoms. The molecule has 0 aliphatic carbocycles. The Labute approximate surface area is 183 Å². The molecule has 0 saturated heterocycles. The number of pyridine rings is 1. The summed E-state index contributed by atoms with van der Waals surface area (Å²) in [7, 11) is 1.45. The molecule has 0 bridgehead atoms. The van der Waals surface area contributed by atoms with Crippen LogP contribution in [0.4, 0.5) is 5.69 Å². The van der Waals surface area contributed by atoms with Gasteiger partial charge in [0.25, 0.3) is 5.91 Å². The highest BCUT2D eigenvalue weighted by molar-refractivity contribution is 6.33. The van der Waals surface area contributed by atoms with Gasteiger partial charge in [0.1, 0.15) is 5.75 Å². The number of nitrogens with zero attached hydrogens (tertiary/aromatic N) is 3. The van der Waals surface area contributed by atoms with E-state index in [4.69, 9.17) is 22.1 Å². The van der Waals surface area contributed by atoms with Gasteiger partial charge in [-0.2, -0.15) is 0 Å². The second-order valence-corrected chi connectivity index (χ2v) is 7.87. The van der Waals surface area contributed by atoms with Gasteiger partial charge in [-0.1, -0.05) is 29.8 Å². The van der Waals surface area contributed by atoms with Crippen molar-refractivity contribution < 1.29 is 9.53 Å². The number of amides is 1. The van der Waals surface area contributed by atoms with Crippen LogP contribution in [0.25, 0.3) is 16.6 Å². The van der Waals surface area contributed by atoms with Crippen LogP contribution in [-0.4, -0.2) is 33.2 Å².